The van der Waals surface area contributed by atoms with E-state index in [1.165, 1.54) is 43.3 Å². The summed E-state index contributed by atoms with van der Waals surface area (Å²) >= 11 is 0. The second-order valence-electron chi connectivity index (χ2n) is 8.85. The first-order valence-electron chi connectivity index (χ1n) is 11.6. The number of halogens is 2. The Morgan fingerprint density at radius 1 is 1.00 bits per heavy atom. The van der Waals surface area contributed by atoms with Crippen LogP contribution < -0.4 is 9.62 Å². The fourth-order valence-electron chi connectivity index (χ4n) is 4.21. The molecule has 2 amide bonds. The number of benzene rings is 2. The molecule has 10 heteroatoms. The molecule has 190 valence electrons. The molecule has 35 heavy (non-hydrogen) atoms. The monoisotopic (exact) mass is 507 g/mol. The highest BCUT2D eigenvalue weighted by atomic mass is 32.2. The summed E-state index contributed by atoms with van der Waals surface area (Å²) in [5, 5.41) is 2.96. The zero-order chi connectivity index (χ0) is 25.6. The van der Waals surface area contributed by atoms with Crippen molar-refractivity contribution in [3.8, 4) is 0 Å². The second-order valence-corrected chi connectivity index (χ2v) is 10.8. The van der Waals surface area contributed by atoms with Gasteiger partial charge in [0.15, 0.2) is 0 Å². The van der Waals surface area contributed by atoms with Gasteiger partial charge in [-0.25, -0.2) is 17.2 Å². The van der Waals surface area contributed by atoms with E-state index in [1.807, 2.05) is 0 Å². The number of hydrogen-bond donors (Lipinski definition) is 1. The molecule has 2 aromatic carbocycles. The summed E-state index contributed by atoms with van der Waals surface area (Å²) in [7, 11) is -4.05. The third kappa shape index (κ3) is 7.00. The molecular weight excluding hydrogens is 476 g/mol. The van der Waals surface area contributed by atoms with Gasteiger partial charge in [0.05, 0.1) is 11.9 Å². The molecule has 1 saturated carbocycles. The molecule has 0 aromatic heterocycles. The Bertz CT molecular complexity index is 1150. The van der Waals surface area contributed by atoms with Crippen LogP contribution in [0.2, 0.25) is 0 Å². The molecule has 1 aliphatic rings. The Kier molecular flexibility index (Phi) is 8.82. The normalized spacial score (nSPS) is 15.3. The lowest BCUT2D eigenvalue weighted by Gasteiger charge is -2.33. The van der Waals surface area contributed by atoms with Gasteiger partial charge in [-0.3, -0.25) is 13.9 Å². The third-order valence-corrected chi connectivity index (χ3v) is 7.34. The lowest BCUT2D eigenvalue weighted by atomic mass is 9.95. The largest absolute Gasteiger partial charge is 0.352 e. The van der Waals surface area contributed by atoms with E-state index in [0.29, 0.717) is 4.31 Å². The number of nitrogens with zero attached hydrogens (tertiary/aromatic N) is 2. The van der Waals surface area contributed by atoms with E-state index in [0.717, 1.165) is 49.3 Å². The van der Waals surface area contributed by atoms with Gasteiger partial charge >= 0.3 is 0 Å². The minimum atomic E-state index is -4.05. The first kappa shape index (κ1) is 26.6. The summed E-state index contributed by atoms with van der Waals surface area (Å²) in [5.74, 6) is -2.53. The number of carbonyl (C=O) groups is 2. The van der Waals surface area contributed by atoms with Crippen molar-refractivity contribution >= 4 is 27.5 Å². The zero-order valence-electron chi connectivity index (χ0n) is 19.9. The van der Waals surface area contributed by atoms with E-state index < -0.39 is 46.1 Å². The van der Waals surface area contributed by atoms with Crippen molar-refractivity contribution in [3.63, 3.8) is 0 Å². The molecular formula is C25H31F2N3O4S. The van der Waals surface area contributed by atoms with Gasteiger partial charge in [0.25, 0.3) is 0 Å². The summed E-state index contributed by atoms with van der Waals surface area (Å²) < 4.78 is 54.4. The fourth-order valence-corrected chi connectivity index (χ4v) is 5.06. The summed E-state index contributed by atoms with van der Waals surface area (Å²) in [6.07, 6.45) is 5.67. The number of rotatable bonds is 9. The predicted molar refractivity (Wildman–Crippen MR) is 130 cm³/mol. The Morgan fingerprint density at radius 3 is 2.20 bits per heavy atom. The van der Waals surface area contributed by atoms with Crippen molar-refractivity contribution in [2.24, 2.45) is 0 Å². The number of carbonyl (C=O) groups excluding carboxylic acids is 2. The van der Waals surface area contributed by atoms with Crippen molar-refractivity contribution < 1.29 is 26.8 Å². The number of para-hydroxylation sites is 1. The minimum Gasteiger partial charge on any atom is -0.352 e. The molecule has 2 aromatic rings. The molecule has 1 N–H and O–H groups in total. The highest BCUT2D eigenvalue weighted by molar-refractivity contribution is 7.92. The molecule has 1 fully saturated rings. The Labute approximate surface area is 205 Å². The Hall–Kier alpha value is -3.01. The number of nitrogens with one attached hydrogen (secondary N) is 1. The predicted octanol–water partition coefficient (Wildman–Crippen LogP) is 3.60. The zero-order valence-corrected chi connectivity index (χ0v) is 20.7. The van der Waals surface area contributed by atoms with Gasteiger partial charge in [0.1, 0.15) is 24.2 Å². The third-order valence-electron chi connectivity index (χ3n) is 6.22. The maximum atomic E-state index is 14.4. The van der Waals surface area contributed by atoms with Crippen LogP contribution in [0.3, 0.4) is 0 Å². The molecule has 0 aliphatic heterocycles. The quantitative estimate of drug-likeness (QED) is 0.562. The highest BCUT2D eigenvalue weighted by Gasteiger charge is 2.32. The molecule has 0 heterocycles. The van der Waals surface area contributed by atoms with E-state index in [2.05, 4.69) is 5.32 Å². The van der Waals surface area contributed by atoms with E-state index in [9.17, 15) is 26.8 Å². The molecule has 0 bridgehead atoms. The molecule has 0 unspecified atom stereocenters. The molecule has 3 rings (SSSR count). The van der Waals surface area contributed by atoms with Gasteiger partial charge in [0, 0.05) is 18.2 Å². The molecule has 0 spiro atoms. The summed E-state index contributed by atoms with van der Waals surface area (Å²) in [6, 6.07) is 10.0. The minimum absolute atomic E-state index is 0.00459. The molecule has 0 saturated heterocycles. The van der Waals surface area contributed by atoms with Crippen molar-refractivity contribution in [1.29, 1.82) is 0 Å². The van der Waals surface area contributed by atoms with E-state index in [1.54, 1.807) is 6.07 Å². The molecule has 1 aliphatic carbocycles. The lowest BCUT2D eigenvalue weighted by Crippen LogP contribution is -2.53. The van der Waals surface area contributed by atoms with E-state index in [-0.39, 0.29) is 23.8 Å². The average molecular weight is 508 g/mol. The summed E-state index contributed by atoms with van der Waals surface area (Å²) in [4.78, 5) is 27.6. The lowest BCUT2D eigenvalue weighted by molar-refractivity contribution is -0.139. The van der Waals surface area contributed by atoms with E-state index >= 15 is 0 Å². The molecule has 1 atom stereocenters. The standard InChI is InChI=1S/C25H31F2N3O4S/c1-18(25(32)28-20-11-4-3-5-12-20)29(16-19-10-6-7-13-21(19)26)24(31)17-30(35(2,33)34)23-15-9-8-14-22(23)27/h6-10,13-15,18,20H,3-5,11-12,16-17H2,1-2H3,(H,28,32)/t18-/m1/s1. The van der Waals surface area contributed by atoms with Gasteiger partial charge in [-0.05, 0) is 38.0 Å². The first-order chi connectivity index (χ1) is 16.6. The van der Waals surface area contributed by atoms with Crippen LogP contribution in [-0.2, 0) is 26.2 Å². The number of anilines is 1. The van der Waals surface area contributed by atoms with Crippen LogP contribution in [0.15, 0.2) is 48.5 Å². The van der Waals surface area contributed by atoms with Crippen LogP contribution in [0.5, 0.6) is 0 Å². The maximum absolute atomic E-state index is 14.4. The van der Waals surface area contributed by atoms with Crippen molar-refractivity contribution in [3.05, 3.63) is 65.7 Å². The van der Waals surface area contributed by atoms with Gasteiger partial charge < -0.3 is 10.2 Å². The molecule has 0 radical (unpaired) electrons. The Morgan fingerprint density at radius 2 is 1.60 bits per heavy atom. The van der Waals surface area contributed by atoms with Crippen LogP contribution in [-0.4, -0.2) is 50.0 Å². The Balaban J connectivity index is 1.89. The van der Waals surface area contributed by atoms with Crippen molar-refractivity contribution in [2.45, 2.75) is 57.7 Å². The summed E-state index contributed by atoms with van der Waals surface area (Å²) in [5.41, 5.74) is -0.108. The number of hydrogen-bond acceptors (Lipinski definition) is 4. The molecule has 7 nitrogen and oxygen atoms in total. The van der Waals surface area contributed by atoms with Gasteiger partial charge in [0.2, 0.25) is 21.8 Å². The SMILES string of the molecule is C[C@H](C(=O)NC1CCCCC1)N(Cc1ccccc1F)C(=O)CN(c1ccccc1F)S(C)(=O)=O. The summed E-state index contributed by atoms with van der Waals surface area (Å²) in [6.45, 7) is 0.527. The van der Waals surface area contributed by atoms with Gasteiger partial charge in [-0.1, -0.05) is 49.6 Å². The second kappa shape index (κ2) is 11.6. The maximum Gasteiger partial charge on any atom is 0.244 e. The van der Waals surface area contributed by atoms with Crippen molar-refractivity contribution in [2.75, 3.05) is 17.1 Å². The van der Waals surface area contributed by atoms with Crippen LogP contribution in [0.25, 0.3) is 0 Å². The topological polar surface area (TPSA) is 86.8 Å². The van der Waals surface area contributed by atoms with Crippen molar-refractivity contribution in [1.82, 2.24) is 10.2 Å². The highest BCUT2D eigenvalue weighted by Crippen LogP contribution is 2.23. The first-order valence-corrected chi connectivity index (χ1v) is 13.5. The van der Waals surface area contributed by atoms with Crippen LogP contribution in [0.4, 0.5) is 14.5 Å². The van der Waals surface area contributed by atoms with E-state index in [4.69, 9.17) is 0 Å². The van der Waals surface area contributed by atoms with Gasteiger partial charge in [-0.2, -0.15) is 0 Å². The number of amides is 2. The fraction of sp³-hybridized carbons (Fsp3) is 0.440. The van der Waals surface area contributed by atoms with Crippen LogP contribution in [0.1, 0.15) is 44.6 Å². The smallest absolute Gasteiger partial charge is 0.244 e. The van der Waals surface area contributed by atoms with Crippen LogP contribution >= 0.6 is 0 Å². The average Bonchev–Trinajstić information content (AvgIpc) is 2.82. The van der Waals surface area contributed by atoms with Crippen LogP contribution in [0, 0.1) is 11.6 Å². The number of sulfonamides is 1. The van der Waals surface area contributed by atoms with Gasteiger partial charge in [-0.15, -0.1) is 0 Å².